The summed E-state index contributed by atoms with van der Waals surface area (Å²) in [7, 11) is 2.17. The molecule has 1 aliphatic rings. The van der Waals surface area contributed by atoms with Crippen molar-refractivity contribution in [2.75, 3.05) is 38.1 Å². The SMILES string of the molecule is CN1CCN(c2cccc3ccc(OCc4ccc(Cl)c(Cl)n4)cc23)CC1. The first-order chi connectivity index (χ1) is 13.1. The second-order valence-electron chi connectivity index (χ2n) is 6.81. The van der Waals surface area contributed by atoms with Gasteiger partial charge in [0.05, 0.1) is 10.7 Å². The van der Waals surface area contributed by atoms with Gasteiger partial charge < -0.3 is 14.5 Å². The Morgan fingerprint density at radius 1 is 1.00 bits per heavy atom. The third-order valence-electron chi connectivity index (χ3n) is 4.92. The van der Waals surface area contributed by atoms with Gasteiger partial charge in [-0.15, -0.1) is 0 Å². The number of benzene rings is 2. The van der Waals surface area contributed by atoms with Crippen LogP contribution in [0.1, 0.15) is 5.69 Å². The summed E-state index contributed by atoms with van der Waals surface area (Å²) in [5.74, 6) is 0.817. The number of nitrogens with zero attached hydrogens (tertiary/aromatic N) is 3. The van der Waals surface area contributed by atoms with E-state index >= 15 is 0 Å². The molecule has 2 aromatic carbocycles. The lowest BCUT2D eigenvalue weighted by atomic mass is 10.1. The van der Waals surface area contributed by atoms with Crippen LogP contribution in [0.3, 0.4) is 0 Å². The number of pyridine rings is 1. The molecule has 0 amide bonds. The van der Waals surface area contributed by atoms with Crippen LogP contribution in [-0.2, 0) is 6.61 Å². The zero-order valence-corrected chi connectivity index (χ0v) is 16.7. The molecule has 4 rings (SSSR count). The lowest BCUT2D eigenvalue weighted by Gasteiger charge is -2.34. The van der Waals surface area contributed by atoms with Crippen LogP contribution in [0, 0.1) is 0 Å². The van der Waals surface area contributed by atoms with Gasteiger partial charge in [0.15, 0.2) is 0 Å². The van der Waals surface area contributed by atoms with E-state index in [1.54, 1.807) is 6.07 Å². The maximum absolute atomic E-state index is 5.98. The van der Waals surface area contributed by atoms with Crippen molar-refractivity contribution in [1.82, 2.24) is 9.88 Å². The topological polar surface area (TPSA) is 28.6 Å². The lowest BCUT2D eigenvalue weighted by molar-refractivity contribution is 0.301. The fourth-order valence-corrected chi connectivity index (χ4v) is 3.62. The average molecular weight is 402 g/mol. The minimum absolute atomic E-state index is 0.300. The summed E-state index contributed by atoms with van der Waals surface area (Å²) in [4.78, 5) is 9.06. The number of fused-ring (bicyclic) bond motifs is 1. The number of hydrogen-bond donors (Lipinski definition) is 0. The molecule has 2 heterocycles. The third-order valence-corrected chi connectivity index (χ3v) is 5.61. The highest BCUT2D eigenvalue weighted by Crippen LogP contribution is 2.31. The van der Waals surface area contributed by atoms with Crippen molar-refractivity contribution in [1.29, 1.82) is 0 Å². The third kappa shape index (κ3) is 4.13. The van der Waals surface area contributed by atoms with E-state index in [-0.39, 0.29) is 0 Å². The summed E-state index contributed by atoms with van der Waals surface area (Å²) in [6, 6.07) is 16.2. The summed E-state index contributed by atoms with van der Waals surface area (Å²) >= 11 is 11.9. The maximum atomic E-state index is 5.98. The molecule has 1 fully saturated rings. The van der Waals surface area contributed by atoms with Gasteiger partial charge in [0.25, 0.3) is 0 Å². The van der Waals surface area contributed by atoms with E-state index in [1.807, 2.05) is 12.1 Å². The lowest BCUT2D eigenvalue weighted by Crippen LogP contribution is -2.44. The number of likely N-dealkylation sites (N-methyl/N-ethyl adjacent to an activating group) is 1. The minimum Gasteiger partial charge on any atom is -0.487 e. The number of ether oxygens (including phenoxy) is 1. The molecule has 6 heteroatoms. The monoisotopic (exact) mass is 401 g/mol. The minimum atomic E-state index is 0.300. The molecule has 0 saturated carbocycles. The van der Waals surface area contributed by atoms with E-state index in [4.69, 9.17) is 27.9 Å². The van der Waals surface area contributed by atoms with Gasteiger partial charge in [-0.3, -0.25) is 0 Å². The fraction of sp³-hybridized carbons (Fsp3) is 0.286. The first-order valence-corrected chi connectivity index (χ1v) is 9.76. The summed E-state index contributed by atoms with van der Waals surface area (Å²) < 4.78 is 5.96. The molecule has 4 nitrogen and oxygen atoms in total. The van der Waals surface area contributed by atoms with Crippen molar-refractivity contribution in [2.24, 2.45) is 0 Å². The largest absolute Gasteiger partial charge is 0.487 e. The quantitative estimate of drug-likeness (QED) is 0.582. The normalized spacial score (nSPS) is 15.3. The van der Waals surface area contributed by atoms with Gasteiger partial charge in [0.1, 0.15) is 17.5 Å². The number of piperazine rings is 1. The molecule has 0 atom stereocenters. The van der Waals surface area contributed by atoms with Crippen LogP contribution in [-0.4, -0.2) is 43.1 Å². The fourth-order valence-electron chi connectivity index (χ4n) is 3.34. The molecule has 0 bridgehead atoms. The number of hydrogen-bond acceptors (Lipinski definition) is 4. The van der Waals surface area contributed by atoms with E-state index in [0.29, 0.717) is 16.8 Å². The van der Waals surface area contributed by atoms with Crippen LogP contribution in [0.5, 0.6) is 5.75 Å². The molecule has 0 unspecified atom stereocenters. The smallest absolute Gasteiger partial charge is 0.148 e. The van der Waals surface area contributed by atoms with E-state index in [0.717, 1.165) is 37.6 Å². The van der Waals surface area contributed by atoms with Crippen molar-refractivity contribution in [3.05, 3.63) is 64.4 Å². The summed E-state index contributed by atoms with van der Waals surface area (Å²) in [6.07, 6.45) is 0. The van der Waals surface area contributed by atoms with Crippen LogP contribution in [0.2, 0.25) is 10.2 Å². The van der Waals surface area contributed by atoms with Gasteiger partial charge in [-0.1, -0.05) is 41.4 Å². The Kier molecular flexibility index (Phi) is 5.39. The molecule has 1 saturated heterocycles. The van der Waals surface area contributed by atoms with E-state index < -0.39 is 0 Å². The Morgan fingerprint density at radius 3 is 2.59 bits per heavy atom. The number of halogens is 2. The predicted octanol–water partition coefficient (Wildman–Crippen LogP) is 4.87. The molecule has 0 aliphatic carbocycles. The van der Waals surface area contributed by atoms with Crippen molar-refractivity contribution in [3.63, 3.8) is 0 Å². The van der Waals surface area contributed by atoms with Gasteiger partial charge in [-0.25, -0.2) is 4.98 Å². The molecule has 27 heavy (non-hydrogen) atoms. The highest BCUT2D eigenvalue weighted by atomic mass is 35.5. The molecule has 3 aromatic rings. The zero-order valence-electron chi connectivity index (χ0n) is 15.2. The molecular weight excluding hydrogens is 381 g/mol. The van der Waals surface area contributed by atoms with Crippen LogP contribution < -0.4 is 9.64 Å². The summed E-state index contributed by atoms with van der Waals surface area (Å²) in [6.45, 7) is 4.58. The summed E-state index contributed by atoms with van der Waals surface area (Å²) in [5, 5.41) is 3.17. The Hall–Kier alpha value is -2.01. The van der Waals surface area contributed by atoms with Crippen molar-refractivity contribution in [2.45, 2.75) is 6.61 Å². The number of anilines is 1. The van der Waals surface area contributed by atoms with Crippen molar-refractivity contribution >= 4 is 39.7 Å². The van der Waals surface area contributed by atoms with Gasteiger partial charge in [-0.05, 0) is 42.8 Å². The number of rotatable bonds is 4. The van der Waals surface area contributed by atoms with Crippen molar-refractivity contribution < 1.29 is 4.74 Å². The van der Waals surface area contributed by atoms with Gasteiger partial charge in [0.2, 0.25) is 0 Å². The molecule has 1 aromatic heterocycles. The molecule has 0 spiro atoms. The Morgan fingerprint density at radius 2 is 1.81 bits per heavy atom. The maximum Gasteiger partial charge on any atom is 0.148 e. The molecule has 0 N–H and O–H groups in total. The second-order valence-corrected chi connectivity index (χ2v) is 7.58. The van der Waals surface area contributed by atoms with E-state index in [1.165, 1.54) is 16.5 Å². The second kappa shape index (κ2) is 7.93. The van der Waals surface area contributed by atoms with Gasteiger partial charge >= 0.3 is 0 Å². The van der Waals surface area contributed by atoms with Crippen LogP contribution in [0.15, 0.2) is 48.5 Å². The van der Waals surface area contributed by atoms with Gasteiger partial charge in [0, 0.05) is 37.3 Å². The Balaban J connectivity index is 1.57. The highest BCUT2D eigenvalue weighted by Gasteiger charge is 2.16. The van der Waals surface area contributed by atoms with Crippen LogP contribution in [0.25, 0.3) is 10.8 Å². The first-order valence-electron chi connectivity index (χ1n) is 9.00. The predicted molar refractivity (Wildman–Crippen MR) is 112 cm³/mol. The van der Waals surface area contributed by atoms with Crippen molar-refractivity contribution in [3.8, 4) is 5.75 Å². The molecule has 140 valence electrons. The Bertz CT molecular complexity index is 955. The Labute approximate surface area is 169 Å². The first kappa shape index (κ1) is 18.4. The highest BCUT2D eigenvalue weighted by molar-refractivity contribution is 6.41. The average Bonchev–Trinajstić information content (AvgIpc) is 2.69. The molecule has 1 aliphatic heterocycles. The molecular formula is C21H21Cl2N3O. The molecule has 0 radical (unpaired) electrons. The van der Waals surface area contributed by atoms with Crippen LogP contribution in [0.4, 0.5) is 5.69 Å². The van der Waals surface area contributed by atoms with E-state index in [2.05, 4.69) is 52.2 Å². The number of aromatic nitrogens is 1. The zero-order chi connectivity index (χ0) is 18.8. The van der Waals surface area contributed by atoms with Gasteiger partial charge in [-0.2, -0.15) is 0 Å². The van der Waals surface area contributed by atoms with Crippen LogP contribution >= 0.6 is 23.2 Å². The summed E-state index contributed by atoms with van der Waals surface area (Å²) in [5.41, 5.74) is 2.01. The standard InChI is InChI=1S/C21H21Cl2N3O/c1-25-9-11-26(12-10-25)20-4-2-3-15-5-7-17(13-18(15)20)27-14-16-6-8-19(22)21(23)24-16/h2-8,13H,9-12,14H2,1H3. The van der Waals surface area contributed by atoms with E-state index in [9.17, 15) is 0 Å².